The number of hydrogen-bond donors (Lipinski definition) is 1. The maximum atomic E-state index is 13.8. The number of rotatable bonds is 7. The van der Waals surface area contributed by atoms with E-state index in [0.29, 0.717) is 24.6 Å². The lowest BCUT2D eigenvalue weighted by Gasteiger charge is -2.31. The Balaban J connectivity index is 1.72. The first-order valence-electron chi connectivity index (χ1n) is 11.3. The second-order valence-corrected chi connectivity index (χ2v) is 11.0. The predicted octanol–water partition coefficient (Wildman–Crippen LogP) is 5.03. The highest BCUT2D eigenvalue weighted by Gasteiger charge is 2.29. The predicted molar refractivity (Wildman–Crippen MR) is 128 cm³/mol. The molecule has 170 valence electrons. The fraction of sp³-hybridized carbons (Fsp3) is 0.400. The maximum absolute atomic E-state index is 13.8. The minimum atomic E-state index is -3.59. The van der Waals surface area contributed by atoms with Gasteiger partial charge in [0, 0.05) is 47.5 Å². The van der Waals surface area contributed by atoms with Crippen molar-refractivity contribution in [1.29, 1.82) is 0 Å². The molecule has 6 nitrogen and oxygen atoms in total. The second kappa shape index (κ2) is 9.08. The van der Waals surface area contributed by atoms with E-state index in [1.807, 2.05) is 37.4 Å². The van der Waals surface area contributed by atoms with Crippen molar-refractivity contribution >= 4 is 32.5 Å². The summed E-state index contributed by atoms with van der Waals surface area (Å²) in [6.45, 7) is 7.39. The Labute approximate surface area is 190 Å². The van der Waals surface area contributed by atoms with E-state index in [0.717, 1.165) is 35.9 Å². The number of aromatic amines is 1. The molecular weight excluding hydrogens is 422 g/mol. The molecule has 1 fully saturated rings. The first-order chi connectivity index (χ1) is 15.3. The van der Waals surface area contributed by atoms with Crippen LogP contribution < -0.4 is 4.90 Å². The lowest BCUT2D eigenvalue weighted by Crippen LogP contribution is -2.39. The fourth-order valence-corrected chi connectivity index (χ4v) is 6.12. The zero-order valence-corrected chi connectivity index (χ0v) is 19.7. The van der Waals surface area contributed by atoms with Crippen LogP contribution in [0.4, 0.5) is 5.69 Å². The normalized spacial score (nSPS) is 16.0. The van der Waals surface area contributed by atoms with Gasteiger partial charge in [0.05, 0.1) is 4.90 Å². The number of anilines is 1. The molecule has 0 aliphatic carbocycles. The molecule has 1 N–H and O–H groups in total. The van der Waals surface area contributed by atoms with Crippen LogP contribution in [0.2, 0.25) is 0 Å². The average Bonchev–Trinajstić information content (AvgIpc) is 3.45. The van der Waals surface area contributed by atoms with Gasteiger partial charge in [-0.25, -0.2) is 8.42 Å². The lowest BCUT2D eigenvalue weighted by atomic mass is 10.0. The summed E-state index contributed by atoms with van der Waals surface area (Å²) in [4.78, 5) is 18.9. The molecule has 1 aromatic heterocycles. The van der Waals surface area contributed by atoms with Crippen molar-refractivity contribution in [2.24, 2.45) is 5.92 Å². The number of hydrogen-bond acceptors (Lipinski definition) is 3. The van der Waals surface area contributed by atoms with Gasteiger partial charge in [0.2, 0.25) is 10.0 Å². The summed E-state index contributed by atoms with van der Waals surface area (Å²) in [6.07, 6.45) is 4.47. The van der Waals surface area contributed by atoms with E-state index in [2.05, 4.69) is 18.8 Å². The molecule has 1 unspecified atom stereocenters. The van der Waals surface area contributed by atoms with Crippen molar-refractivity contribution in [2.75, 3.05) is 18.0 Å². The molecule has 7 heteroatoms. The third-order valence-electron chi connectivity index (χ3n) is 6.07. The van der Waals surface area contributed by atoms with E-state index in [-0.39, 0.29) is 16.8 Å². The molecule has 0 spiro atoms. The van der Waals surface area contributed by atoms with E-state index in [1.165, 1.54) is 10.4 Å². The van der Waals surface area contributed by atoms with Gasteiger partial charge in [0.1, 0.15) is 0 Å². The second-order valence-electron chi connectivity index (χ2n) is 9.04. The zero-order valence-electron chi connectivity index (χ0n) is 18.9. The number of amides is 1. The van der Waals surface area contributed by atoms with Gasteiger partial charge < -0.3 is 9.88 Å². The Bertz CT molecular complexity index is 1210. The van der Waals surface area contributed by atoms with Crippen LogP contribution in [0.5, 0.6) is 0 Å². The van der Waals surface area contributed by atoms with Crippen LogP contribution in [0.15, 0.2) is 59.6 Å². The van der Waals surface area contributed by atoms with Crippen LogP contribution >= 0.6 is 0 Å². The number of aromatic nitrogens is 1. The number of nitrogens with zero attached hydrogens (tertiary/aromatic N) is 2. The summed E-state index contributed by atoms with van der Waals surface area (Å²) in [6, 6.07) is 14.3. The molecule has 0 radical (unpaired) electrons. The van der Waals surface area contributed by atoms with Crippen LogP contribution in [0.1, 0.15) is 50.4 Å². The van der Waals surface area contributed by atoms with Crippen LogP contribution in [0.25, 0.3) is 10.9 Å². The molecule has 1 amide bonds. The van der Waals surface area contributed by atoms with Gasteiger partial charge in [-0.1, -0.05) is 19.9 Å². The van der Waals surface area contributed by atoms with E-state index in [1.54, 1.807) is 23.1 Å². The van der Waals surface area contributed by atoms with Gasteiger partial charge in [-0.15, -0.1) is 0 Å². The summed E-state index contributed by atoms with van der Waals surface area (Å²) in [5.41, 5.74) is 2.20. The maximum Gasteiger partial charge on any atom is 0.258 e. The highest BCUT2D eigenvalue weighted by Crippen LogP contribution is 2.28. The number of benzene rings is 2. The van der Waals surface area contributed by atoms with Crippen molar-refractivity contribution in [3.63, 3.8) is 0 Å². The Morgan fingerprint density at radius 3 is 2.53 bits per heavy atom. The molecule has 4 rings (SSSR count). The van der Waals surface area contributed by atoms with Crippen LogP contribution in [-0.4, -0.2) is 42.7 Å². The quantitative estimate of drug-likeness (QED) is 0.545. The first-order valence-corrected chi connectivity index (χ1v) is 12.7. The van der Waals surface area contributed by atoms with Gasteiger partial charge in [0.25, 0.3) is 5.91 Å². The smallest absolute Gasteiger partial charge is 0.258 e. The van der Waals surface area contributed by atoms with Crippen LogP contribution in [-0.2, 0) is 10.0 Å². The van der Waals surface area contributed by atoms with Gasteiger partial charge >= 0.3 is 0 Å². The molecule has 3 aromatic rings. The van der Waals surface area contributed by atoms with Crippen molar-refractivity contribution in [1.82, 2.24) is 9.29 Å². The topological polar surface area (TPSA) is 73.5 Å². The van der Waals surface area contributed by atoms with Crippen molar-refractivity contribution in [3.05, 3.63) is 60.3 Å². The Hall–Kier alpha value is -2.64. The van der Waals surface area contributed by atoms with E-state index in [9.17, 15) is 13.2 Å². The molecule has 2 aromatic carbocycles. The highest BCUT2D eigenvalue weighted by atomic mass is 32.2. The van der Waals surface area contributed by atoms with Crippen molar-refractivity contribution in [2.45, 2.75) is 51.0 Å². The molecule has 0 bridgehead atoms. The van der Waals surface area contributed by atoms with Gasteiger partial charge in [-0.2, -0.15) is 4.31 Å². The third-order valence-corrected chi connectivity index (χ3v) is 7.97. The summed E-state index contributed by atoms with van der Waals surface area (Å²) in [5.74, 6) is 0.227. The van der Waals surface area contributed by atoms with Gasteiger partial charge in [-0.05, 0) is 74.6 Å². The lowest BCUT2D eigenvalue weighted by molar-refractivity contribution is 0.0975. The van der Waals surface area contributed by atoms with Crippen molar-refractivity contribution < 1.29 is 13.2 Å². The number of carbonyl (C=O) groups is 1. The molecule has 1 aliphatic heterocycles. The van der Waals surface area contributed by atoms with Gasteiger partial charge in [-0.3, -0.25) is 4.79 Å². The molecule has 32 heavy (non-hydrogen) atoms. The Kier molecular flexibility index (Phi) is 6.40. The third kappa shape index (κ3) is 4.45. The van der Waals surface area contributed by atoms with Crippen LogP contribution in [0, 0.1) is 5.92 Å². The molecule has 0 saturated carbocycles. The standard InChI is InChI=1S/C25H31N3O3S/c1-18(2)15-19(3)28(22-9-10-24-20(16-22)11-12-26-24)25(29)21-7-6-8-23(17-21)32(30,31)27-13-4-5-14-27/h6-12,16-19,26H,4-5,13-15H2,1-3H3. The summed E-state index contributed by atoms with van der Waals surface area (Å²) in [5, 5.41) is 1.03. The minimum absolute atomic E-state index is 0.0438. The first kappa shape index (κ1) is 22.6. The Morgan fingerprint density at radius 2 is 1.81 bits per heavy atom. The van der Waals surface area contributed by atoms with Crippen LogP contribution in [0.3, 0.4) is 0 Å². The average molecular weight is 454 g/mol. The van der Waals surface area contributed by atoms with E-state index < -0.39 is 10.0 Å². The SMILES string of the molecule is CC(C)CC(C)N(C(=O)c1cccc(S(=O)(=O)N2CCCC2)c1)c1ccc2[nH]ccc2c1. The molecule has 1 atom stereocenters. The minimum Gasteiger partial charge on any atom is -0.361 e. The summed E-state index contributed by atoms with van der Waals surface area (Å²) >= 11 is 0. The number of sulfonamides is 1. The number of nitrogens with one attached hydrogen (secondary N) is 1. The fourth-order valence-electron chi connectivity index (χ4n) is 4.56. The molecule has 1 saturated heterocycles. The van der Waals surface area contributed by atoms with E-state index >= 15 is 0 Å². The molecular formula is C25H31N3O3S. The number of fused-ring (bicyclic) bond motifs is 1. The van der Waals surface area contributed by atoms with E-state index in [4.69, 9.17) is 0 Å². The van der Waals surface area contributed by atoms with Crippen molar-refractivity contribution in [3.8, 4) is 0 Å². The molecule has 2 heterocycles. The largest absolute Gasteiger partial charge is 0.361 e. The van der Waals surface area contributed by atoms with Gasteiger partial charge in [0.15, 0.2) is 0 Å². The zero-order chi connectivity index (χ0) is 22.9. The number of carbonyl (C=O) groups excluding carboxylic acids is 1. The number of H-pyrrole nitrogens is 1. The summed E-state index contributed by atoms with van der Waals surface area (Å²) in [7, 11) is -3.59. The monoisotopic (exact) mass is 453 g/mol. The Morgan fingerprint density at radius 1 is 1.06 bits per heavy atom. The highest BCUT2D eigenvalue weighted by molar-refractivity contribution is 7.89. The molecule has 1 aliphatic rings. The summed E-state index contributed by atoms with van der Waals surface area (Å²) < 4.78 is 27.6.